The maximum absolute atomic E-state index is 11.2. The summed E-state index contributed by atoms with van der Waals surface area (Å²) in [6.07, 6.45) is 0.889. The van der Waals surface area contributed by atoms with Crippen molar-refractivity contribution in [2.45, 2.75) is 11.7 Å². The van der Waals surface area contributed by atoms with Gasteiger partial charge in [0.1, 0.15) is 5.75 Å². The van der Waals surface area contributed by atoms with Gasteiger partial charge in [0.25, 0.3) is 0 Å². The molecule has 0 aromatic rings. The van der Waals surface area contributed by atoms with Crippen LogP contribution in [-0.2, 0) is 15.6 Å². The van der Waals surface area contributed by atoms with E-state index in [1.165, 1.54) is 0 Å². The van der Waals surface area contributed by atoms with Crippen molar-refractivity contribution >= 4 is 16.7 Å². The second-order valence-electron chi connectivity index (χ2n) is 2.61. The van der Waals surface area contributed by atoms with E-state index in [2.05, 4.69) is 5.32 Å². The highest BCUT2D eigenvalue weighted by molar-refractivity contribution is 7.86. The molecule has 11 heavy (non-hydrogen) atoms. The predicted octanol–water partition coefficient (Wildman–Crippen LogP) is -1.42. The van der Waals surface area contributed by atoms with Gasteiger partial charge in [0.05, 0.1) is 0 Å². The molecule has 5 heteroatoms. The molecule has 1 amide bonds. The number of carbonyl (C=O) groups excluding carboxylic acids is 1. The molecule has 0 bridgehead atoms. The van der Waals surface area contributed by atoms with Crippen LogP contribution < -0.4 is 11.1 Å². The molecule has 1 saturated heterocycles. The Morgan fingerprint density at radius 2 is 2.45 bits per heavy atom. The summed E-state index contributed by atoms with van der Waals surface area (Å²) in [6.45, 7) is 1.65. The van der Waals surface area contributed by atoms with Gasteiger partial charge in [0, 0.05) is 22.6 Å². The monoisotopic (exact) mass is 176 g/mol. The Bertz CT molecular complexity index is 177. The minimum absolute atomic E-state index is 0.00630. The van der Waals surface area contributed by atoms with Crippen LogP contribution in [0.4, 0.5) is 0 Å². The lowest BCUT2D eigenvalue weighted by Gasteiger charge is -2.04. The summed E-state index contributed by atoms with van der Waals surface area (Å²) >= 11 is 0. The van der Waals surface area contributed by atoms with Crippen molar-refractivity contribution in [3.05, 3.63) is 0 Å². The van der Waals surface area contributed by atoms with Crippen LogP contribution in [0.1, 0.15) is 6.42 Å². The molecule has 1 aliphatic heterocycles. The number of hydrogen-bond acceptors (Lipinski definition) is 3. The van der Waals surface area contributed by atoms with Crippen LogP contribution >= 0.6 is 0 Å². The van der Waals surface area contributed by atoms with E-state index in [0.717, 1.165) is 19.5 Å². The molecule has 0 aromatic carbocycles. The molecular formula is C6H12N2O2S. The highest BCUT2D eigenvalue weighted by Gasteiger charge is 2.21. The average Bonchev–Trinajstić information content (AvgIpc) is 2.35. The van der Waals surface area contributed by atoms with Crippen molar-refractivity contribution in [3.8, 4) is 0 Å². The molecule has 2 unspecified atom stereocenters. The van der Waals surface area contributed by atoms with Gasteiger partial charge in [0.15, 0.2) is 0 Å². The van der Waals surface area contributed by atoms with Crippen molar-refractivity contribution in [2.75, 3.05) is 18.8 Å². The molecule has 0 radical (unpaired) electrons. The molecule has 1 rings (SSSR count). The summed E-state index contributed by atoms with van der Waals surface area (Å²) in [6, 6.07) is 0. The summed E-state index contributed by atoms with van der Waals surface area (Å²) in [4.78, 5) is 10.4. The molecule has 3 N–H and O–H groups in total. The van der Waals surface area contributed by atoms with E-state index in [-0.39, 0.29) is 11.0 Å². The summed E-state index contributed by atoms with van der Waals surface area (Å²) in [5.74, 6) is -0.470. The second-order valence-corrected chi connectivity index (χ2v) is 4.32. The molecule has 0 aromatic heterocycles. The SMILES string of the molecule is NC(=O)CS(=O)C1CCNC1. The van der Waals surface area contributed by atoms with Gasteiger partial charge in [-0.1, -0.05) is 0 Å². The summed E-state index contributed by atoms with van der Waals surface area (Å²) < 4.78 is 11.2. The zero-order valence-corrected chi connectivity index (χ0v) is 7.02. The fourth-order valence-corrected chi connectivity index (χ4v) is 2.31. The number of carbonyl (C=O) groups is 1. The van der Waals surface area contributed by atoms with Crippen LogP contribution in [0, 0.1) is 0 Å². The lowest BCUT2D eigenvalue weighted by Crippen LogP contribution is -2.27. The first-order chi connectivity index (χ1) is 5.20. The molecular weight excluding hydrogens is 164 g/mol. The van der Waals surface area contributed by atoms with Crippen LogP contribution in [0.5, 0.6) is 0 Å². The average molecular weight is 176 g/mol. The molecule has 1 aliphatic rings. The Kier molecular flexibility index (Phi) is 3.02. The minimum Gasteiger partial charge on any atom is -0.369 e. The number of nitrogens with two attached hydrogens (primary N) is 1. The molecule has 2 atom stereocenters. The lowest BCUT2D eigenvalue weighted by atomic mass is 10.4. The standard InChI is InChI=1S/C6H12N2O2S/c7-6(9)4-11(10)5-1-2-8-3-5/h5,8H,1-4H2,(H2,7,9). The first-order valence-electron chi connectivity index (χ1n) is 3.56. The number of hydrogen-bond donors (Lipinski definition) is 2. The van der Waals surface area contributed by atoms with Gasteiger partial charge in [-0.05, 0) is 13.0 Å². The van der Waals surface area contributed by atoms with Crippen molar-refractivity contribution in [1.82, 2.24) is 5.32 Å². The number of amides is 1. The van der Waals surface area contributed by atoms with Crippen molar-refractivity contribution in [1.29, 1.82) is 0 Å². The summed E-state index contributed by atoms with van der Waals surface area (Å²) in [5.41, 5.74) is 4.91. The molecule has 1 fully saturated rings. The van der Waals surface area contributed by atoms with Crippen LogP contribution in [0.15, 0.2) is 0 Å². The maximum Gasteiger partial charge on any atom is 0.230 e. The van der Waals surface area contributed by atoms with E-state index in [1.807, 2.05) is 0 Å². The fraction of sp³-hybridized carbons (Fsp3) is 0.833. The van der Waals surface area contributed by atoms with E-state index >= 15 is 0 Å². The van der Waals surface area contributed by atoms with E-state index < -0.39 is 16.7 Å². The highest BCUT2D eigenvalue weighted by atomic mass is 32.2. The largest absolute Gasteiger partial charge is 0.369 e. The van der Waals surface area contributed by atoms with Gasteiger partial charge in [-0.25, -0.2) is 0 Å². The zero-order chi connectivity index (χ0) is 8.27. The number of primary amides is 1. The lowest BCUT2D eigenvalue weighted by molar-refractivity contribution is -0.115. The van der Waals surface area contributed by atoms with E-state index in [9.17, 15) is 9.00 Å². The van der Waals surface area contributed by atoms with E-state index in [4.69, 9.17) is 5.73 Å². The van der Waals surface area contributed by atoms with Gasteiger partial charge >= 0.3 is 0 Å². The van der Waals surface area contributed by atoms with E-state index in [1.54, 1.807) is 0 Å². The maximum atomic E-state index is 11.2. The van der Waals surface area contributed by atoms with Crippen LogP contribution in [0.2, 0.25) is 0 Å². The third kappa shape index (κ3) is 2.59. The van der Waals surface area contributed by atoms with Crippen LogP contribution in [0.3, 0.4) is 0 Å². The topological polar surface area (TPSA) is 72.2 Å². The Morgan fingerprint density at radius 1 is 1.73 bits per heavy atom. The molecule has 1 heterocycles. The molecule has 0 saturated carbocycles. The van der Waals surface area contributed by atoms with Gasteiger partial charge in [0.2, 0.25) is 5.91 Å². The molecule has 64 valence electrons. The third-order valence-corrected chi connectivity index (χ3v) is 3.39. The predicted molar refractivity (Wildman–Crippen MR) is 43.5 cm³/mol. The fourth-order valence-electron chi connectivity index (χ4n) is 1.11. The Morgan fingerprint density at radius 3 is 2.91 bits per heavy atom. The van der Waals surface area contributed by atoms with Gasteiger partial charge in [-0.15, -0.1) is 0 Å². The minimum atomic E-state index is -1.06. The van der Waals surface area contributed by atoms with Gasteiger partial charge in [-0.2, -0.15) is 0 Å². The number of rotatable bonds is 3. The zero-order valence-electron chi connectivity index (χ0n) is 6.21. The summed E-state index contributed by atoms with van der Waals surface area (Å²) in [5, 5.41) is 3.21. The first-order valence-corrected chi connectivity index (χ1v) is 4.94. The molecule has 0 aliphatic carbocycles. The van der Waals surface area contributed by atoms with Gasteiger partial charge in [-0.3, -0.25) is 9.00 Å². The normalized spacial score (nSPS) is 26.7. The number of nitrogens with one attached hydrogen (secondary N) is 1. The Hall–Kier alpha value is -0.420. The highest BCUT2D eigenvalue weighted by Crippen LogP contribution is 2.05. The second kappa shape index (κ2) is 3.82. The van der Waals surface area contributed by atoms with Crippen molar-refractivity contribution in [3.63, 3.8) is 0 Å². The van der Waals surface area contributed by atoms with Crippen LogP contribution in [-0.4, -0.2) is 34.2 Å². The third-order valence-electron chi connectivity index (χ3n) is 1.67. The first kappa shape index (κ1) is 8.67. The van der Waals surface area contributed by atoms with Gasteiger partial charge < -0.3 is 11.1 Å². The molecule has 0 spiro atoms. The van der Waals surface area contributed by atoms with Crippen molar-refractivity contribution in [2.24, 2.45) is 5.73 Å². The molecule has 4 nitrogen and oxygen atoms in total. The smallest absolute Gasteiger partial charge is 0.230 e. The summed E-state index contributed by atoms with van der Waals surface area (Å²) in [7, 11) is -1.06. The Labute approximate surface area is 68.0 Å². The quantitative estimate of drug-likeness (QED) is 0.554. The van der Waals surface area contributed by atoms with Crippen LogP contribution in [0.25, 0.3) is 0 Å². The Balaban J connectivity index is 2.34. The van der Waals surface area contributed by atoms with Crippen molar-refractivity contribution < 1.29 is 9.00 Å². The van der Waals surface area contributed by atoms with E-state index in [0.29, 0.717) is 0 Å².